The molecule has 12 aromatic rings. The second kappa shape index (κ2) is 14.3. The average Bonchev–Trinajstić information content (AvgIpc) is 3.91. The standard InChI is InChI=1S/C58H37NO2/c1-2-15-40-36-42(31-30-38(40)14-1)46-19-4-3-18-45(46)41-16-11-17-44(37-41)59(43-34-32-39(33-35-43)47-23-12-25-51-49-21-6-9-27-54(49)61-58(47)51)53-26-8-5-20-48(53)50-24-13-29-56-57(50)52-22-7-10-28-55(52)60-56/h1-37H. The van der Waals surface area contributed by atoms with Crippen LogP contribution in [0, 0.1) is 0 Å². The summed E-state index contributed by atoms with van der Waals surface area (Å²) in [6.45, 7) is 0. The smallest absolute Gasteiger partial charge is 0.143 e. The lowest BCUT2D eigenvalue weighted by Gasteiger charge is -2.29. The summed E-state index contributed by atoms with van der Waals surface area (Å²) in [5.41, 5.74) is 15.8. The molecule has 61 heavy (non-hydrogen) atoms. The highest BCUT2D eigenvalue weighted by Crippen LogP contribution is 2.46. The Morgan fingerprint density at radius 3 is 1.70 bits per heavy atom. The summed E-state index contributed by atoms with van der Waals surface area (Å²) in [6.07, 6.45) is 0. The van der Waals surface area contributed by atoms with Crippen molar-refractivity contribution in [1.82, 2.24) is 0 Å². The van der Waals surface area contributed by atoms with Crippen molar-refractivity contribution in [2.24, 2.45) is 0 Å². The fourth-order valence-electron chi connectivity index (χ4n) is 9.24. The van der Waals surface area contributed by atoms with Gasteiger partial charge in [0.05, 0.1) is 5.69 Å². The number of anilines is 3. The molecule has 0 atom stereocenters. The summed E-state index contributed by atoms with van der Waals surface area (Å²) in [5, 5.41) is 6.92. The van der Waals surface area contributed by atoms with Crippen LogP contribution in [0.25, 0.3) is 99.2 Å². The molecular formula is C58H37NO2. The number of furan rings is 2. The monoisotopic (exact) mass is 779 g/mol. The molecule has 0 unspecified atom stereocenters. The van der Waals surface area contributed by atoms with Crippen molar-refractivity contribution >= 4 is 71.7 Å². The zero-order valence-corrected chi connectivity index (χ0v) is 33.1. The van der Waals surface area contributed by atoms with Crippen LogP contribution in [0.15, 0.2) is 233 Å². The van der Waals surface area contributed by atoms with E-state index in [0.29, 0.717) is 0 Å². The van der Waals surface area contributed by atoms with Gasteiger partial charge in [-0.2, -0.15) is 0 Å². The van der Waals surface area contributed by atoms with Crippen molar-refractivity contribution in [1.29, 1.82) is 0 Å². The molecule has 0 radical (unpaired) electrons. The maximum Gasteiger partial charge on any atom is 0.143 e. The van der Waals surface area contributed by atoms with Crippen molar-refractivity contribution in [3.63, 3.8) is 0 Å². The zero-order valence-electron chi connectivity index (χ0n) is 33.1. The molecule has 0 amide bonds. The molecule has 286 valence electrons. The molecule has 3 heteroatoms. The number of fused-ring (bicyclic) bond motifs is 7. The fraction of sp³-hybridized carbons (Fsp3) is 0. The number of hydrogen-bond acceptors (Lipinski definition) is 3. The van der Waals surface area contributed by atoms with Crippen LogP contribution in [-0.4, -0.2) is 0 Å². The van der Waals surface area contributed by atoms with E-state index in [1.54, 1.807) is 0 Å². The van der Waals surface area contributed by atoms with Crippen LogP contribution in [0.2, 0.25) is 0 Å². The van der Waals surface area contributed by atoms with Crippen molar-refractivity contribution < 1.29 is 8.83 Å². The summed E-state index contributed by atoms with van der Waals surface area (Å²) in [5.74, 6) is 0. The highest BCUT2D eigenvalue weighted by molar-refractivity contribution is 6.14. The first-order valence-corrected chi connectivity index (χ1v) is 20.7. The SMILES string of the molecule is c1cc(-c2ccccc2-c2ccc3ccccc3c2)cc(N(c2ccc(-c3cccc4c3oc3ccccc34)cc2)c2ccccc2-c2cccc3oc4ccccc4c23)c1. The number of nitrogens with zero attached hydrogens (tertiary/aromatic N) is 1. The Morgan fingerprint density at radius 2 is 0.869 bits per heavy atom. The van der Waals surface area contributed by atoms with Gasteiger partial charge in [-0.05, 0) is 98.8 Å². The third kappa shape index (κ3) is 5.90. The molecule has 10 aromatic carbocycles. The molecule has 3 nitrogen and oxygen atoms in total. The van der Waals surface area contributed by atoms with E-state index in [1.807, 2.05) is 24.3 Å². The summed E-state index contributed by atoms with van der Waals surface area (Å²) in [4.78, 5) is 2.39. The van der Waals surface area contributed by atoms with E-state index in [2.05, 4.69) is 205 Å². The first-order chi connectivity index (χ1) is 30.2. The second-order valence-corrected chi connectivity index (χ2v) is 15.6. The summed E-state index contributed by atoms with van der Waals surface area (Å²) in [7, 11) is 0. The zero-order chi connectivity index (χ0) is 40.3. The minimum atomic E-state index is 0.872. The molecule has 0 aliphatic heterocycles. The largest absolute Gasteiger partial charge is 0.456 e. The lowest BCUT2D eigenvalue weighted by atomic mass is 9.92. The van der Waals surface area contributed by atoms with Crippen LogP contribution in [0.3, 0.4) is 0 Å². The van der Waals surface area contributed by atoms with Gasteiger partial charge in [0.25, 0.3) is 0 Å². The number of para-hydroxylation sites is 4. The maximum atomic E-state index is 6.48. The third-order valence-electron chi connectivity index (χ3n) is 12.1. The second-order valence-electron chi connectivity index (χ2n) is 15.6. The lowest BCUT2D eigenvalue weighted by Crippen LogP contribution is -2.11. The van der Waals surface area contributed by atoms with Gasteiger partial charge in [-0.15, -0.1) is 0 Å². The van der Waals surface area contributed by atoms with Gasteiger partial charge in [-0.1, -0.05) is 170 Å². The molecule has 2 heterocycles. The van der Waals surface area contributed by atoms with Crippen LogP contribution < -0.4 is 4.90 Å². The Labute approximate surface area is 353 Å². The van der Waals surface area contributed by atoms with Crippen molar-refractivity contribution in [3.05, 3.63) is 224 Å². The van der Waals surface area contributed by atoms with E-state index in [9.17, 15) is 0 Å². The predicted molar refractivity (Wildman–Crippen MR) is 255 cm³/mol. The lowest BCUT2D eigenvalue weighted by molar-refractivity contribution is 0.669. The van der Waals surface area contributed by atoms with E-state index in [4.69, 9.17) is 8.83 Å². The van der Waals surface area contributed by atoms with E-state index in [-0.39, 0.29) is 0 Å². The van der Waals surface area contributed by atoms with Crippen LogP contribution in [0.1, 0.15) is 0 Å². The van der Waals surface area contributed by atoms with Crippen molar-refractivity contribution in [3.8, 4) is 44.5 Å². The molecular weight excluding hydrogens is 743 g/mol. The summed E-state index contributed by atoms with van der Waals surface area (Å²) < 4.78 is 12.9. The quantitative estimate of drug-likeness (QED) is 0.161. The van der Waals surface area contributed by atoms with Gasteiger partial charge in [0, 0.05) is 44.0 Å². The number of hydrogen-bond donors (Lipinski definition) is 0. The molecule has 0 saturated carbocycles. The fourth-order valence-corrected chi connectivity index (χ4v) is 9.24. The van der Waals surface area contributed by atoms with Crippen molar-refractivity contribution in [2.45, 2.75) is 0 Å². The van der Waals surface area contributed by atoms with Crippen LogP contribution >= 0.6 is 0 Å². The molecule has 0 bridgehead atoms. The molecule has 0 saturated heterocycles. The van der Waals surface area contributed by atoms with Gasteiger partial charge in [-0.3, -0.25) is 0 Å². The molecule has 12 rings (SSSR count). The van der Waals surface area contributed by atoms with Crippen LogP contribution in [0.4, 0.5) is 17.1 Å². The molecule has 2 aromatic heterocycles. The van der Waals surface area contributed by atoms with E-state index in [1.165, 1.54) is 27.5 Å². The first-order valence-electron chi connectivity index (χ1n) is 20.7. The Morgan fingerprint density at radius 1 is 0.295 bits per heavy atom. The normalized spacial score (nSPS) is 11.6. The molecule has 0 fully saturated rings. The minimum Gasteiger partial charge on any atom is -0.456 e. The van der Waals surface area contributed by atoms with Gasteiger partial charge < -0.3 is 13.7 Å². The van der Waals surface area contributed by atoms with Gasteiger partial charge in [0.1, 0.15) is 22.3 Å². The number of rotatable bonds is 7. The Hall–Kier alpha value is -8.14. The highest BCUT2D eigenvalue weighted by atomic mass is 16.3. The number of benzene rings is 10. The van der Waals surface area contributed by atoms with Crippen LogP contribution in [-0.2, 0) is 0 Å². The topological polar surface area (TPSA) is 29.5 Å². The third-order valence-corrected chi connectivity index (χ3v) is 12.1. The van der Waals surface area contributed by atoms with Gasteiger partial charge in [-0.25, -0.2) is 0 Å². The van der Waals surface area contributed by atoms with Gasteiger partial charge >= 0.3 is 0 Å². The molecule has 0 aliphatic rings. The summed E-state index contributed by atoms with van der Waals surface area (Å²) >= 11 is 0. The minimum absolute atomic E-state index is 0.872. The average molecular weight is 780 g/mol. The van der Waals surface area contributed by atoms with Crippen molar-refractivity contribution in [2.75, 3.05) is 4.90 Å². The Bertz CT molecular complexity index is 3610. The van der Waals surface area contributed by atoms with E-state index in [0.717, 1.165) is 88.8 Å². The van der Waals surface area contributed by atoms with E-state index >= 15 is 0 Å². The summed E-state index contributed by atoms with van der Waals surface area (Å²) in [6, 6.07) is 80.0. The first kappa shape index (κ1) is 34.9. The van der Waals surface area contributed by atoms with E-state index < -0.39 is 0 Å². The molecule has 0 N–H and O–H groups in total. The highest BCUT2D eigenvalue weighted by Gasteiger charge is 2.22. The Kier molecular flexibility index (Phi) is 8.17. The maximum absolute atomic E-state index is 6.48. The predicted octanol–water partition coefficient (Wildman–Crippen LogP) is 16.8. The molecule has 0 spiro atoms. The van der Waals surface area contributed by atoms with Gasteiger partial charge in [0.15, 0.2) is 0 Å². The Balaban J connectivity index is 1.04. The van der Waals surface area contributed by atoms with Crippen LogP contribution in [0.5, 0.6) is 0 Å². The molecule has 0 aliphatic carbocycles. The van der Waals surface area contributed by atoms with Gasteiger partial charge in [0.2, 0.25) is 0 Å².